The number of carbonyl (C=O) groups excluding carboxylic acids is 3. The minimum atomic E-state index is -0.654. The largest absolute Gasteiger partial charge is 0.341 e. The van der Waals surface area contributed by atoms with Gasteiger partial charge in [0.05, 0.1) is 0 Å². The van der Waals surface area contributed by atoms with E-state index >= 15 is 0 Å². The average Bonchev–Trinajstić information content (AvgIpc) is 2.50. The Balaban J connectivity index is 2.74. The summed E-state index contributed by atoms with van der Waals surface area (Å²) < 4.78 is 0. The lowest BCUT2D eigenvalue weighted by Gasteiger charge is -2.35. The van der Waals surface area contributed by atoms with Crippen molar-refractivity contribution in [1.29, 1.82) is 0 Å². The molecule has 0 spiro atoms. The standard InChI is InChI=1S/C17H30N2O3/c1-11(2)14(18-16(21)15(20)12(3)4)17(22)19(5)13-9-7-6-8-10-13/h11-14H,6-10H2,1-5H3,(H,18,21). The smallest absolute Gasteiger partial charge is 0.288 e. The van der Waals surface area contributed by atoms with Crippen molar-refractivity contribution in [2.45, 2.75) is 71.9 Å². The van der Waals surface area contributed by atoms with E-state index in [0.29, 0.717) is 0 Å². The first kappa shape index (κ1) is 18.7. The first-order chi connectivity index (χ1) is 10.3. The van der Waals surface area contributed by atoms with Gasteiger partial charge >= 0.3 is 0 Å². The molecule has 1 saturated carbocycles. The van der Waals surface area contributed by atoms with Crippen molar-refractivity contribution in [2.24, 2.45) is 11.8 Å². The third-order valence-electron chi connectivity index (χ3n) is 4.44. The number of carbonyl (C=O) groups is 3. The Morgan fingerprint density at radius 2 is 1.55 bits per heavy atom. The van der Waals surface area contributed by atoms with Gasteiger partial charge in [-0.2, -0.15) is 0 Å². The van der Waals surface area contributed by atoms with Crippen LogP contribution in [-0.4, -0.2) is 41.6 Å². The van der Waals surface area contributed by atoms with Crippen LogP contribution in [0.15, 0.2) is 0 Å². The van der Waals surface area contributed by atoms with E-state index in [9.17, 15) is 14.4 Å². The van der Waals surface area contributed by atoms with Crippen molar-refractivity contribution in [3.05, 3.63) is 0 Å². The van der Waals surface area contributed by atoms with Gasteiger partial charge in [0.25, 0.3) is 5.91 Å². The van der Waals surface area contributed by atoms with E-state index in [1.165, 1.54) is 6.42 Å². The highest BCUT2D eigenvalue weighted by molar-refractivity contribution is 6.37. The Hall–Kier alpha value is -1.39. The molecule has 5 heteroatoms. The van der Waals surface area contributed by atoms with Gasteiger partial charge in [-0.25, -0.2) is 0 Å². The van der Waals surface area contributed by atoms with E-state index in [0.717, 1.165) is 25.7 Å². The average molecular weight is 310 g/mol. The lowest BCUT2D eigenvalue weighted by Crippen LogP contribution is -2.54. The number of nitrogens with zero attached hydrogens (tertiary/aromatic N) is 1. The van der Waals surface area contributed by atoms with Crippen LogP contribution in [-0.2, 0) is 14.4 Å². The molecular weight excluding hydrogens is 280 g/mol. The zero-order valence-electron chi connectivity index (χ0n) is 14.5. The van der Waals surface area contributed by atoms with Gasteiger partial charge in [-0.3, -0.25) is 14.4 Å². The molecular formula is C17H30N2O3. The lowest BCUT2D eigenvalue weighted by molar-refractivity contribution is -0.143. The molecule has 1 atom stereocenters. The van der Waals surface area contributed by atoms with Gasteiger partial charge in [0.15, 0.2) is 0 Å². The number of rotatable bonds is 6. The second-order valence-corrected chi connectivity index (χ2v) is 6.96. The van der Waals surface area contributed by atoms with E-state index < -0.39 is 17.7 Å². The van der Waals surface area contributed by atoms with Crippen LogP contribution in [0.25, 0.3) is 0 Å². The van der Waals surface area contributed by atoms with Crippen LogP contribution in [0.5, 0.6) is 0 Å². The molecule has 1 rings (SSSR count). The van der Waals surface area contributed by atoms with E-state index in [4.69, 9.17) is 0 Å². The molecule has 0 aliphatic heterocycles. The van der Waals surface area contributed by atoms with Gasteiger partial charge in [-0.05, 0) is 18.8 Å². The predicted molar refractivity (Wildman–Crippen MR) is 86.3 cm³/mol. The summed E-state index contributed by atoms with van der Waals surface area (Å²) in [6.07, 6.45) is 5.56. The van der Waals surface area contributed by atoms with Crippen molar-refractivity contribution in [3.63, 3.8) is 0 Å². The summed E-state index contributed by atoms with van der Waals surface area (Å²) in [6, 6.07) is -0.387. The van der Waals surface area contributed by atoms with Gasteiger partial charge in [0.1, 0.15) is 6.04 Å². The molecule has 5 nitrogen and oxygen atoms in total. The van der Waals surface area contributed by atoms with Crippen molar-refractivity contribution in [2.75, 3.05) is 7.05 Å². The molecule has 1 aliphatic carbocycles. The maximum Gasteiger partial charge on any atom is 0.288 e. The molecule has 0 bridgehead atoms. The van der Waals surface area contributed by atoms with Crippen LogP contribution in [0.4, 0.5) is 0 Å². The van der Waals surface area contributed by atoms with Crippen LogP contribution < -0.4 is 5.32 Å². The maximum absolute atomic E-state index is 12.7. The second kappa shape index (κ2) is 8.30. The zero-order valence-corrected chi connectivity index (χ0v) is 14.5. The third-order valence-corrected chi connectivity index (χ3v) is 4.44. The minimum absolute atomic E-state index is 0.0533. The molecule has 0 aromatic rings. The topological polar surface area (TPSA) is 66.5 Å². The number of hydrogen-bond acceptors (Lipinski definition) is 3. The molecule has 2 amide bonds. The van der Waals surface area contributed by atoms with Crippen molar-refractivity contribution < 1.29 is 14.4 Å². The second-order valence-electron chi connectivity index (χ2n) is 6.96. The predicted octanol–water partition coefficient (Wildman–Crippen LogP) is 2.14. The molecule has 1 fully saturated rings. The molecule has 0 aromatic heterocycles. The number of nitrogens with one attached hydrogen (secondary N) is 1. The molecule has 0 saturated heterocycles. The summed E-state index contributed by atoms with van der Waals surface area (Å²) in [7, 11) is 1.81. The quantitative estimate of drug-likeness (QED) is 0.764. The molecule has 1 N–H and O–H groups in total. The van der Waals surface area contributed by atoms with Crippen LogP contribution in [0, 0.1) is 11.8 Å². The number of hydrogen-bond donors (Lipinski definition) is 1. The van der Waals surface area contributed by atoms with E-state index in [1.54, 1.807) is 18.7 Å². The summed E-state index contributed by atoms with van der Waals surface area (Å²) in [5.41, 5.74) is 0. The molecule has 126 valence electrons. The molecule has 1 unspecified atom stereocenters. The maximum atomic E-state index is 12.7. The molecule has 0 radical (unpaired) electrons. The van der Waals surface area contributed by atoms with Gasteiger partial charge in [-0.1, -0.05) is 47.0 Å². The summed E-state index contributed by atoms with van der Waals surface area (Å²) in [6.45, 7) is 7.14. The first-order valence-corrected chi connectivity index (χ1v) is 8.37. The highest BCUT2D eigenvalue weighted by atomic mass is 16.2. The number of Topliss-reactive ketones (excluding diaryl/α,β-unsaturated/α-hetero) is 1. The monoisotopic (exact) mass is 310 g/mol. The van der Waals surface area contributed by atoms with Crippen LogP contribution >= 0.6 is 0 Å². The fourth-order valence-electron chi connectivity index (χ4n) is 2.86. The minimum Gasteiger partial charge on any atom is -0.341 e. The fourth-order valence-corrected chi connectivity index (χ4v) is 2.86. The van der Waals surface area contributed by atoms with Crippen molar-refractivity contribution in [1.82, 2.24) is 10.2 Å². The van der Waals surface area contributed by atoms with Gasteiger partial charge in [0.2, 0.25) is 11.7 Å². The highest BCUT2D eigenvalue weighted by Gasteiger charge is 2.32. The molecule has 22 heavy (non-hydrogen) atoms. The highest BCUT2D eigenvalue weighted by Crippen LogP contribution is 2.22. The van der Waals surface area contributed by atoms with Crippen molar-refractivity contribution >= 4 is 17.6 Å². The first-order valence-electron chi connectivity index (χ1n) is 8.37. The van der Waals surface area contributed by atoms with Gasteiger partial charge < -0.3 is 10.2 Å². The van der Waals surface area contributed by atoms with Crippen molar-refractivity contribution in [3.8, 4) is 0 Å². The molecule has 1 aliphatic rings. The van der Waals surface area contributed by atoms with Crippen LogP contribution in [0.3, 0.4) is 0 Å². The fraction of sp³-hybridized carbons (Fsp3) is 0.824. The molecule has 0 aromatic carbocycles. The van der Waals surface area contributed by atoms with E-state index in [2.05, 4.69) is 5.32 Å². The summed E-state index contributed by atoms with van der Waals surface area (Å²) in [5, 5.41) is 2.64. The summed E-state index contributed by atoms with van der Waals surface area (Å²) in [4.78, 5) is 38.2. The van der Waals surface area contributed by atoms with Crippen LogP contribution in [0.1, 0.15) is 59.8 Å². The Labute approximate surface area is 133 Å². The number of ketones is 1. The van der Waals surface area contributed by atoms with Gasteiger partial charge in [-0.15, -0.1) is 0 Å². The van der Waals surface area contributed by atoms with Gasteiger partial charge in [0, 0.05) is 19.0 Å². The third kappa shape index (κ3) is 4.82. The SMILES string of the molecule is CC(C)C(=O)C(=O)NC(C(=O)N(C)C1CCCCC1)C(C)C. The number of amides is 2. The Bertz CT molecular complexity index is 412. The summed E-state index contributed by atoms with van der Waals surface area (Å²) in [5.74, 6) is -1.63. The van der Waals surface area contributed by atoms with E-state index in [1.807, 2.05) is 20.9 Å². The normalized spacial score (nSPS) is 17.4. The zero-order chi connectivity index (χ0) is 16.9. The Morgan fingerprint density at radius 3 is 2.00 bits per heavy atom. The lowest BCUT2D eigenvalue weighted by atomic mass is 9.93. The summed E-state index contributed by atoms with van der Waals surface area (Å²) >= 11 is 0. The van der Waals surface area contributed by atoms with Crippen LogP contribution in [0.2, 0.25) is 0 Å². The Kier molecular flexibility index (Phi) is 7.04. The van der Waals surface area contributed by atoms with E-state index in [-0.39, 0.29) is 23.8 Å². The molecule has 0 heterocycles. The Morgan fingerprint density at radius 1 is 1.00 bits per heavy atom. The number of likely N-dealkylation sites (N-methyl/N-ethyl adjacent to an activating group) is 1.